The van der Waals surface area contributed by atoms with Crippen LogP contribution in [0.5, 0.6) is 0 Å². The summed E-state index contributed by atoms with van der Waals surface area (Å²) in [5, 5.41) is 64.9. The minimum Gasteiger partial charge on any atom is -0.458 e. The molecule has 0 bridgehead atoms. The standard InChI is InChI=1S/C42H65NO17/c1-5-6-7-8-9-10-11-15-20-43-21-29(55-26(4)47)37(60-41-35(52)34(51)32(49)25(3)54-41)36(28(43)22-44)59-42-39(58-40(53)27-16-13-12-14-17-27)38(33(50)30(23-45)56-42)57-31(48)19-18-24(2)46/h12-14,16-17,25,28-30,32-39,41-42,44-45,49-52H,5-11,15,18-23H2,1-4H3/t25-,28+,29-,30+,32+,33-,34+,35-,36+,37+,38-,39+,41-,42-/m0/s1. The minimum absolute atomic E-state index is 0.0156. The molecule has 0 spiro atoms. The smallest absolute Gasteiger partial charge is 0.338 e. The van der Waals surface area contributed by atoms with Crippen LogP contribution in [0.25, 0.3) is 0 Å². The number of hydrogen-bond acceptors (Lipinski definition) is 18. The molecule has 3 fully saturated rings. The molecule has 340 valence electrons. The maximum atomic E-state index is 13.6. The minimum atomic E-state index is -1.80. The van der Waals surface area contributed by atoms with Gasteiger partial charge in [0.25, 0.3) is 0 Å². The Bertz CT molecular complexity index is 1490. The van der Waals surface area contributed by atoms with Gasteiger partial charge in [-0.05, 0) is 38.9 Å². The first-order valence-electron chi connectivity index (χ1n) is 21.1. The van der Waals surface area contributed by atoms with Crippen molar-refractivity contribution in [1.29, 1.82) is 0 Å². The van der Waals surface area contributed by atoms with Crippen molar-refractivity contribution in [2.75, 3.05) is 26.3 Å². The molecule has 14 atom stereocenters. The molecule has 1 aromatic carbocycles. The van der Waals surface area contributed by atoms with Crippen LogP contribution in [-0.2, 0) is 47.5 Å². The van der Waals surface area contributed by atoms with Gasteiger partial charge in [-0.1, -0.05) is 70.1 Å². The Balaban J connectivity index is 1.75. The number of unbranched alkanes of at least 4 members (excludes halogenated alkanes) is 7. The summed E-state index contributed by atoms with van der Waals surface area (Å²) in [6.45, 7) is 5.11. The molecular formula is C42H65NO17. The van der Waals surface area contributed by atoms with Crippen LogP contribution in [0.2, 0.25) is 0 Å². The third-order valence-corrected chi connectivity index (χ3v) is 11.1. The molecule has 3 aliphatic heterocycles. The van der Waals surface area contributed by atoms with E-state index in [1.807, 2.05) is 4.90 Å². The van der Waals surface area contributed by atoms with Crippen molar-refractivity contribution in [1.82, 2.24) is 4.90 Å². The molecular weight excluding hydrogens is 790 g/mol. The highest BCUT2D eigenvalue weighted by Crippen LogP contribution is 2.35. The molecule has 1 aromatic rings. The molecule has 0 amide bonds. The fraction of sp³-hybridized carbons (Fsp3) is 0.762. The number of rotatable bonds is 22. The lowest BCUT2D eigenvalue weighted by Crippen LogP contribution is -2.69. The average Bonchev–Trinajstić information content (AvgIpc) is 3.22. The van der Waals surface area contributed by atoms with Gasteiger partial charge in [0.15, 0.2) is 24.8 Å². The molecule has 6 N–H and O–H groups in total. The maximum Gasteiger partial charge on any atom is 0.338 e. The van der Waals surface area contributed by atoms with Gasteiger partial charge in [-0.15, -0.1) is 0 Å². The average molecular weight is 856 g/mol. The first-order chi connectivity index (χ1) is 28.7. The third-order valence-electron chi connectivity index (χ3n) is 11.1. The molecule has 0 radical (unpaired) electrons. The lowest BCUT2D eigenvalue weighted by molar-refractivity contribution is -0.355. The van der Waals surface area contributed by atoms with Crippen molar-refractivity contribution in [2.45, 2.75) is 178 Å². The SMILES string of the molecule is CCCCCCCCCCN1C[C@H](OC(C)=O)[C@@H](O[C@@H]2O[C@@H](C)[C@@H](O)[C@@H](O)[C@@H]2O)[C@H](O[C@@H]2O[C@H](CO)[C@H](O)[C@H](OC(=O)CCC(C)=O)[C@H]2OC(=O)c2ccccc2)[C@H]1CO. The summed E-state index contributed by atoms with van der Waals surface area (Å²) in [4.78, 5) is 52.9. The zero-order chi connectivity index (χ0) is 43.9. The second kappa shape index (κ2) is 24.5. The Morgan fingerprint density at radius 2 is 1.35 bits per heavy atom. The maximum absolute atomic E-state index is 13.6. The van der Waals surface area contributed by atoms with E-state index in [1.165, 1.54) is 39.3 Å². The highest BCUT2D eigenvalue weighted by Gasteiger charge is 2.56. The van der Waals surface area contributed by atoms with Gasteiger partial charge < -0.3 is 68.6 Å². The van der Waals surface area contributed by atoms with Gasteiger partial charge in [0.2, 0.25) is 0 Å². The first-order valence-corrected chi connectivity index (χ1v) is 21.1. The Kier molecular flexibility index (Phi) is 20.2. The van der Waals surface area contributed by atoms with E-state index in [9.17, 15) is 49.8 Å². The van der Waals surface area contributed by atoms with E-state index in [1.54, 1.807) is 18.2 Å². The number of likely N-dealkylation sites (tertiary alicyclic amines) is 1. The van der Waals surface area contributed by atoms with Gasteiger partial charge in [-0.25, -0.2) is 4.79 Å². The molecule has 4 rings (SSSR count). The summed E-state index contributed by atoms with van der Waals surface area (Å²) in [6, 6.07) is 6.80. The Morgan fingerprint density at radius 1 is 0.700 bits per heavy atom. The zero-order valence-corrected chi connectivity index (χ0v) is 35.0. The van der Waals surface area contributed by atoms with E-state index < -0.39 is 117 Å². The number of Topliss-reactive ketones (excluding diaryl/α,β-unsaturated/α-hetero) is 1. The lowest BCUT2D eigenvalue weighted by Gasteiger charge is -2.51. The summed E-state index contributed by atoms with van der Waals surface area (Å²) in [5.74, 6) is -2.87. The largest absolute Gasteiger partial charge is 0.458 e. The van der Waals surface area contributed by atoms with Gasteiger partial charge in [0.1, 0.15) is 54.6 Å². The molecule has 18 nitrogen and oxygen atoms in total. The van der Waals surface area contributed by atoms with Crippen LogP contribution in [0.1, 0.15) is 102 Å². The van der Waals surface area contributed by atoms with E-state index in [0.29, 0.717) is 13.0 Å². The van der Waals surface area contributed by atoms with Crippen molar-refractivity contribution in [3.05, 3.63) is 35.9 Å². The summed E-state index contributed by atoms with van der Waals surface area (Å²) in [5.41, 5.74) is 0.0774. The van der Waals surface area contributed by atoms with Gasteiger partial charge in [0, 0.05) is 19.9 Å². The molecule has 3 aliphatic rings. The van der Waals surface area contributed by atoms with Crippen LogP contribution >= 0.6 is 0 Å². The molecule has 0 aliphatic carbocycles. The number of benzene rings is 1. The number of aliphatic hydroxyl groups is 6. The highest BCUT2D eigenvalue weighted by molar-refractivity contribution is 5.89. The number of ether oxygens (including phenoxy) is 7. The van der Waals surface area contributed by atoms with Gasteiger partial charge in [-0.3, -0.25) is 14.5 Å². The van der Waals surface area contributed by atoms with Crippen molar-refractivity contribution in [3.63, 3.8) is 0 Å². The fourth-order valence-electron chi connectivity index (χ4n) is 7.79. The third kappa shape index (κ3) is 13.7. The van der Waals surface area contributed by atoms with E-state index in [4.69, 9.17) is 33.2 Å². The van der Waals surface area contributed by atoms with Crippen LogP contribution < -0.4 is 0 Å². The number of hydrogen-bond donors (Lipinski definition) is 6. The Labute approximate surface area is 351 Å². The van der Waals surface area contributed by atoms with Crippen molar-refractivity contribution in [2.24, 2.45) is 0 Å². The highest BCUT2D eigenvalue weighted by atomic mass is 16.8. The first kappa shape index (κ1) is 49.5. The topological polar surface area (TPSA) is 258 Å². The quantitative estimate of drug-likeness (QED) is 0.0538. The molecule has 3 heterocycles. The summed E-state index contributed by atoms with van der Waals surface area (Å²) >= 11 is 0. The van der Waals surface area contributed by atoms with E-state index in [0.717, 1.165) is 38.5 Å². The van der Waals surface area contributed by atoms with E-state index in [2.05, 4.69) is 6.92 Å². The van der Waals surface area contributed by atoms with Crippen LogP contribution in [0.4, 0.5) is 0 Å². The summed E-state index contributed by atoms with van der Waals surface area (Å²) < 4.78 is 42.1. The molecule has 0 saturated carbocycles. The second-order valence-corrected chi connectivity index (χ2v) is 15.9. The zero-order valence-electron chi connectivity index (χ0n) is 35.0. The number of carbonyl (C=O) groups excluding carboxylic acids is 4. The summed E-state index contributed by atoms with van der Waals surface area (Å²) in [7, 11) is 0. The Morgan fingerprint density at radius 3 is 1.97 bits per heavy atom. The van der Waals surface area contributed by atoms with Crippen molar-refractivity contribution >= 4 is 23.7 Å². The number of esters is 3. The number of piperidine rings is 1. The predicted octanol–water partition coefficient (Wildman–Crippen LogP) is 0.918. The molecule has 60 heavy (non-hydrogen) atoms. The second-order valence-electron chi connectivity index (χ2n) is 15.9. The number of nitrogens with zero attached hydrogens (tertiary/aromatic N) is 1. The van der Waals surface area contributed by atoms with Crippen LogP contribution in [-0.4, -0.2) is 171 Å². The van der Waals surface area contributed by atoms with Crippen molar-refractivity contribution in [3.8, 4) is 0 Å². The number of aliphatic hydroxyl groups excluding tert-OH is 6. The van der Waals surface area contributed by atoms with E-state index >= 15 is 0 Å². The van der Waals surface area contributed by atoms with Crippen LogP contribution in [0.15, 0.2) is 30.3 Å². The van der Waals surface area contributed by atoms with Crippen molar-refractivity contribution < 1.29 is 83.0 Å². The number of ketones is 1. The monoisotopic (exact) mass is 855 g/mol. The fourth-order valence-corrected chi connectivity index (χ4v) is 7.79. The Hall–Kier alpha value is -3.14. The predicted molar refractivity (Wildman–Crippen MR) is 210 cm³/mol. The van der Waals surface area contributed by atoms with Gasteiger partial charge >= 0.3 is 17.9 Å². The molecule has 3 saturated heterocycles. The van der Waals surface area contributed by atoms with Gasteiger partial charge in [-0.2, -0.15) is 0 Å². The summed E-state index contributed by atoms with van der Waals surface area (Å²) in [6.07, 6.45) is -12.5. The lowest BCUT2D eigenvalue weighted by atomic mass is 9.91. The molecule has 18 heteroatoms. The van der Waals surface area contributed by atoms with Gasteiger partial charge in [0.05, 0.1) is 37.3 Å². The normalized spacial score (nSPS) is 33.5. The van der Waals surface area contributed by atoms with E-state index in [-0.39, 0.29) is 30.7 Å². The number of carbonyl (C=O) groups is 4. The molecule has 0 aromatic heterocycles. The molecule has 0 unspecified atom stereocenters. The van der Waals surface area contributed by atoms with Crippen LogP contribution in [0, 0.1) is 0 Å². The van der Waals surface area contributed by atoms with Crippen LogP contribution in [0.3, 0.4) is 0 Å².